The molecule has 27 heavy (non-hydrogen) atoms. The molecule has 0 spiro atoms. The van der Waals surface area contributed by atoms with Gasteiger partial charge in [-0.15, -0.1) is 0 Å². The monoisotopic (exact) mass is 379 g/mol. The molecule has 0 aliphatic heterocycles. The number of hydrogen-bond acceptors (Lipinski definition) is 2. The van der Waals surface area contributed by atoms with E-state index in [-0.39, 0.29) is 0 Å². The standard InChI is InChI=1S/C25H49NO/c1-4-6-7-8-9-10-11-12-13-14-15-16-17-18-19-20-21-22-23-27-25(3)24-26-5-2/h9-10,12-13,25-26H,4-8,11,14-24H2,1-3H3/b10-9-,13-12-/t25-/m0/s1. The van der Waals surface area contributed by atoms with Crippen molar-refractivity contribution in [3.05, 3.63) is 24.3 Å². The van der Waals surface area contributed by atoms with Crippen molar-refractivity contribution < 1.29 is 4.74 Å². The summed E-state index contributed by atoms with van der Waals surface area (Å²) in [6, 6.07) is 0. The predicted molar refractivity (Wildman–Crippen MR) is 123 cm³/mol. The summed E-state index contributed by atoms with van der Waals surface area (Å²) in [5, 5.41) is 3.33. The lowest BCUT2D eigenvalue weighted by Crippen LogP contribution is -2.26. The molecule has 0 heterocycles. The van der Waals surface area contributed by atoms with Crippen LogP contribution in [0.2, 0.25) is 0 Å². The van der Waals surface area contributed by atoms with Crippen molar-refractivity contribution in [2.45, 2.75) is 117 Å². The fraction of sp³-hybridized carbons (Fsp3) is 0.840. The lowest BCUT2D eigenvalue weighted by Gasteiger charge is -2.13. The summed E-state index contributed by atoms with van der Waals surface area (Å²) in [5.41, 5.74) is 0. The Morgan fingerprint density at radius 1 is 0.704 bits per heavy atom. The van der Waals surface area contributed by atoms with E-state index in [0.29, 0.717) is 6.10 Å². The van der Waals surface area contributed by atoms with Crippen molar-refractivity contribution in [2.75, 3.05) is 19.7 Å². The smallest absolute Gasteiger partial charge is 0.0671 e. The van der Waals surface area contributed by atoms with Crippen LogP contribution in [0.1, 0.15) is 111 Å². The van der Waals surface area contributed by atoms with Crippen LogP contribution in [-0.4, -0.2) is 25.8 Å². The molecule has 0 bridgehead atoms. The van der Waals surface area contributed by atoms with Crippen LogP contribution in [0.4, 0.5) is 0 Å². The summed E-state index contributed by atoms with van der Waals surface area (Å²) in [7, 11) is 0. The van der Waals surface area contributed by atoms with Crippen LogP contribution in [0.3, 0.4) is 0 Å². The van der Waals surface area contributed by atoms with Crippen LogP contribution in [-0.2, 0) is 4.74 Å². The molecule has 0 rings (SSSR count). The molecule has 2 nitrogen and oxygen atoms in total. The molecule has 2 heteroatoms. The zero-order valence-corrected chi connectivity index (χ0v) is 18.8. The Kier molecular flexibility index (Phi) is 22.9. The molecular weight excluding hydrogens is 330 g/mol. The van der Waals surface area contributed by atoms with E-state index in [9.17, 15) is 0 Å². The van der Waals surface area contributed by atoms with Crippen LogP contribution in [0.15, 0.2) is 24.3 Å². The number of allylic oxidation sites excluding steroid dienone is 4. The second-order valence-corrected chi connectivity index (χ2v) is 7.78. The van der Waals surface area contributed by atoms with Crippen molar-refractivity contribution in [3.8, 4) is 0 Å². The average molecular weight is 380 g/mol. The Balaban J connectivity index is 3.17. The second kappa shape index (κ2) is 23.4. The minimum Gasteiger partial charge on any atom is -0.377 e. The fourth-order valence-electron chi connectivity index (χ4n) is 3.13. The van der Waals surface area contributed by atoms with Crippen molar-refractivity contribution in [1.82, 2.24) is 5.32 Å². The maximum atomic E-state index is 5.80. The topological polar surface area (TPSA) is 21.3 Å². The van der Waals surface area contributed by atoms with Gasteiger partial charge in [0.2, 0.25) is 0 Å². The van der Waals surface area contributed by atoms with E-state index >= 15 is 0 Å². The van der Waals surface area contributed by atoms with Gasteiger partial charge in [-0.25, -0.2) is 0 Å². The van der Waals surface area contributed by atoms with Crippen LogP contribution in [0.5, 0.6) is 0 Å². The van der Waals surface area contributed by atoms with Crippen LogP contribution in [0.25, 0.3) is 0 Å². The molecule has 0 radical (unpaired) electrons. The highest BCUT2D eigenvalue weighted by Gasteiger charge is 2.00. The van der Waals surface area contributed by atoms with Gasteiger partial charge < -0.3 is 10.1 Å². The quantitative estimate of drug-likeness (QED) is 0.164. The predicted octanol–water partition coefficient (Wildman–Crippen LogP) is 7.59. The van der Waals surface area contributed by atoms with Gasteiger partial charge in [0.25, 0.3) is 0 Å². The summed E-state index contributed by atoms with van der Waals surface area (Å²) in [4.78, 5) is 0. The summed E-state index contributed by atoms with van der Waals surface area (Å²) >= 11 is 0. The third-order valence-electron chi connectivity index (χ3n) is 4.93. The highest BCUT2D eigenvalue weighted by atomic mass is 16.5. The summed E-state index contributed by atoms with van der Waals surface area (Å²) in [6.07, 6.45) is 28.2. The molecule has 0 aliphatic rings. The molecule has 1 atom stereocenters. The van der Waals surface area contributed by atoms with Crippen molar-refractivity contribution in [2.24, 2.45) is 0 Å². The number of rotatable bonds is 21. The number of unbranched alkanes of at least 4 members (excludes halogenated alkanes) is 11. The van der Waals surface area contributed by atoms with Crippen LogP contribution >= 0.6 is 0 Å². The third kappa shape index (κ3) is 23.4. The Morgan fingerprint density at radius 2 is 1.26 bits per heavy atom. The number of likely N-dealkylation sites (N-methyl/N-ethyl adjacent to an activating group) is 1. The molecule has 0 aromatic heterocycles. The first-order chi connectivity index (χ1) is 13.3. The lowest BCUT2D eigenvalue weighted by atomic mass is 10.1. The Morgan fingerprint density at radius 3 is 1.85 bits per heavy atom. The lowest BCUT2D eigenvalue weighted by molar-refractivity contribution is 0.0634. The van der Waals surface area contributed by atoms with Gasteiger partial charge in [-0.1, -0.05) is 89.5 Å². The summed E-state index contributed by atoms with van der Waals surface area (Å²) in [5.74, 6) is 0. The van der Waals surface area contributed by atoms with Crippen LogP contribution < -0.4 is 5.32 Å². The van der Waals surface area contributed by atoms with Crippen molar-refractivity contribution >= 4 is 0 Å². The fourth-order valence-corrected chi connectivity index (χ4v) is 3.13. The molecule has 0 saturated carbocycles. The highest BCUT2D eigenvalue weighted by Crippen LogP contribution is 2.10. The molecule has 0 aliphatic carbocycles. The maximum absolute atomic E-state index is 5.80. The van der Waals surface area contributed by atoms with Crippen molar-refractivity contribution in [3.63, 3.8) is 0 Å². The van der Waals surface area contributed by atoms with E-state index < -0.39 is 0 Å². The number of hydrogen-bond donors (Lipinski definition) is 1. The van der Waals surface area contributed by atoms with Gasteiger partial charge in [0.05, 0.1) is 6.10 Å². The van der Waals surface area contributed by atoms with E-state index in [1.807, 2.05) is 0 Å². The second-order valence-electron chi connectivity index (χ2n) is 7.78. The summed E-state index contributed by atoms with van der Waals surface area (Å²) in [6.45, 7) is 9.48. The van der Waals surface area contributed by atoms with E-state index in [1.54, 1.807) is 0 Å². The largest absolute Gasteiger partial charge is 0.377 e. The number of nitrogens with one attached hydrogen (secondary N) is 1. The minimum absolute atomic E-state index is 0.348. The zero-order valence-electron chi connectivity index (χ0n) is 18.8. The van der Waals surface area contributed by atoms with Gasteiger partial charge in [0.15, 0.2) is 0 Å². The molecule has 0 aromatic rings. The van der Waals surface area contributed by atoms with Gasteiger partial charge in [-0.3, -0.25) is 0 Å². The average Bonchev–Trinajstić information content (AvgIpc) is 2.68. The molecular formula is C25H49NO. The summed E-state index contributed by atoms with van der Waals surface area (Å²) < 4.78 is 5.80. The molecule has 1 N–H and O–H groups in total. The molecule has 0 amide bonds. The molecule has 0 saturated heterocycles. The molecule has 160 valence electrons. The van der Waals surface area contributed by atoms with Gasteiger partial charge in [0, 0.05) is 13.2 Å². The number of ether oxygens (including phenoxy) is 1. The normalized spacial score (nSPS) is 13.1. The first-order valence-electron chi connectivity index (χ1n) is 11.9. The van der Waals surface area contributed by atoms with Crippen LogP contribution in [0, 0.1) is 0 Å². The Labute approximate surface area is 171 Å². The van der Waals surface area contributed by atoms with Gasteiger partial charge in [-0.2, -0.15) is 0 Å². The first-order valence-corrected chi connectivity index (χ1v) is 11.9. The Hall–Kier alpha value is -0.600. The van der Waals surface area contributed by atoms with Gasteiger partial charge in [0.1, 0.15) is 0 Å². The Bertz CT molecular complexity index is 324. The van der Waals surface area contributed by atoms with E-state index in [0.717, 1.165) is 26.1 Å². The highest BCUT2D eigenvalue weighted by molar-refractivity contribution is 4.92. The maximum Gasteiger partial charge on any atom is 0.0671 e. The van der Waals surface area contributed by atoms with E-state index in [2.05, 4.69) is 50.4 Å². The minimum atomic E-state index is 0.348. The van der Waals surface area contributed by atoms with Gasteiger partial charge >= 0.3 is 0 Å². The first kappa shape index (κ1) is 26.4. The third-order valence-corrected chi connectivity index (χ3v) is 4.93. The molecule has 0 aromatic carbocycles. The van der Waals surface area contributed by atoms with E-state index in [1.165, 1.54) is 83.5 Å². The molecule has 0 unspecified atom stereocenters. The molecule has 0 fully saturated rings. The van der Waals surface area contributed by atoms with Gasteiger partial charge in [-0.05, 0) is 52.0 Å². The SMILES string of the molecule is CCCCC/C=C\C/C=C\CCCCCCCCCCO[C@@H](C)CNCC. The van der Waals surface area contributed by atoms with Crippen molar-refractivity contribution in [1.29, 1.82) is 0 Å². The zero-order chi connectivity index (χ0) is 19.8. The van der Waals surface area contributed by atoms with E-state index in [4.69, 9.17) is 4.74 Å².